The fourth-order valence-corrected chi connectivity index (χ4v) is 7.91. The molecule has 1 heterocycles. The van der Waals surface area contributed by atoms with Gasteiger partial charge in [-0.15, -0.1) is 0 Å². The summed E-state index contributed by atoms with van der Waals surface area (Å²) in [7, 11) is 0. The van der Waals surface area contributed by atoms with Crippen molar-refractivity contribution in [1.29, 1.82) is 0 Å². The lowest BCUT2D eigenvalue weighted by molar-refractivity contribution is 0.669. The molecular formula is C46H28O. The van der Waals surface area contributed by atoms with Gasteiger partial charge in [0.1, 0.15) is 11.2 Å². The van der Waals surface area contributed by atoms with Crippen LogP contribution in [0.25, 0.3) is 98.8 Å². The minimum Gasteiger partial charge on any atom is -0.456 e. The van der Waals surface area contributed by atoms with Crippen molar-refractivity contribution in [3.63, 3.8) is 0 Å². The molecule has 0 fully saturated rings. The molecule has 0 saturated heterocycles. The van der Waals surface area contributed by atoms with Crippen LogP contribution in [0, 0.1) is 0 Å². The normalized spacial score (nSPS) is 11.8. The molecule has 0 radical (unpaired) electrons. The second kappa shape index (κ2) is 10.2. The van der Waals surface area contributed by atoms with Gasteiger partial charge in [0.25, 0.3) is 0 Å². The number of hydrogen-bond acceptors (Lipinski definition) is 1. The lowest BCUT2D eigenvalue weighted by Crippen LogP contribution is -1.95. The molecule has 47 heavy (non-hydrogen) atoms. The third kappa shape index (κ3) is 3.84. The van der Waals surface area contributed by atoms with Gasteiger partial charge in [-0.05, 0) is 95.0 Å². The summed E-state index contributed by atoms with van der Waals surface area (Å²) in [5.74, 6) is 0. The topological polar surface area (TPSA) is 13.1 Å². The van der Waals surface area contributed by atoms with Crippen LogP contribution in [0.1, 0.15) is 0 Å². The zero-order valence-electron chi connectivity index (χ0n) is 25.6. The first-order valence-corrected chi connectivity index (χ1v) is 16.2. The van der Waals surface area contributed by atoms with Gasteiger partial charge in [-0.2, -0.15) is 0 Å². The molecule has 0 aliphatic rings. The zero-order valence-corrected chi connectivity index (χ0v) is 25.6. The lowest BCUT2D eigenvalue weighted by atomic mass is 9.80. The molecule has 10 aromatic rings. The van der Waals surface area contributed by atoms with Gasteiger partial charge in [-0.3, -0.25) is 0 Å². The van der Waals surface area contributed by atoms with E-state index in [9.17, 15) is 0 Å². The predicted octanol–water partition coefficient (Wildman–Crippen LogP) is 13.2. The Morgan fingerprint density at radius 2 is 0.681 bits per heavy atom. The van der Waals surface area contributed by atoms with Crippen LogP contribution in [0.5, 0.6) is 0 Å². The molecule has 0 aliphatic carbocycles. The van der Waals surface area contributed by atoms with Crippen LogP contribution in [-0.4, -0.2) is 0 Å². The fraction of sp³-hybridized carbons (Fsp3) is 0. The highest BCUT2D eigenvalue weighted by atomic mass is 16.3. The monoisotopic (exact) mass is 596 g/mol. The summed E-state index contributed by atoms with van der Waals surface area (Å²) in [6.45, 7) is 0. The smallest absolute Gasteiger partial charge is 0.136 e. The highest BCUT2D eigenvalue weighted by Gasteiger charge is 2.26. The second-order valence-electron chi connectivity index (χ2n) is 12.4. The molecule has 218 valence electrons. The molecule has 0 atom stereocenters. The molecule has 0 aliphatic heterocycles. The van der Waals surface area contributed by atoms with Crippen LogP contribution < -0.4 is 0 Å². The highest BCUT2D eigenvalue weighted by Crippen LogP contribution is 2.53. The summed E-state index contributed by atoms with van der Waals surface area (Å²) in [6, 6.07) is 61.5. The van der Waals surface area contributed by atoms with E-state index in [-0.39, 0.29) is 0 Å². The molecule has 0 spiro atoms. The van der Waals surface area contributed by atoms with E-state index < -0.39 is 0 Å². The number of hydrogen-bond donors (Lipinski definition) is 0. The zero-order chi connectivity index (χ0) is 30.9. The van der Waals surface area contributed by atoms with Crippen molar-refractivity contribution < 1.29 is 4.42 Å². The molecule has 0 unspecified atom stereocenters. The maximum absolute atomic E-state index is 6.50. The third-order valence-electron chi connectivity index (χ3n) is 9.81. The molecule has 1 aromatic heterocycles. The summed E-state index contributed by atoms with van der Waals surface area (Å²) >= 11 is 0. The maximum atomic E-state index is 6.50. The molecular weight excluding hydrogens is 569 g/mol. The van der Waals surface area contributed by atoms with E-state index in [0.717, 1.165) is 11.2 Å². The average Bonchev–Trinajstić information content (AvgIpc) is 3.53. The Labute approximate surface area is 272 Å². The predicted molar refractivity (Wildman–Crippen MR) is 199 cm³/mol. The molecule has 10 rings (SSSR count). The van der Waals surface area contributed by atoms with Crippen molar-refractivity contribution in [2.75, 3.05) is 0 Å². The molecule has 0 N–H and O–H groups in total. The van der Waals surface area contributed by atoms with Crippen LogP contribution in [0.2, 0.25) is 0 Å². The highest BCUT2D eigenvalue weighted by molar-refractivity contribution is 6.34. The van der Waals surface area contributed by atoms with Crippen LogP contribution in [0.4, 0.5) is 0 Å². The van der Waals surface area contributed by atoms with Crippen LogP contribution in [0.3, 0.4) is 0 Å². The van der Waals surface area contributed by atoms with E-state index in [1.54, 1.807) is 0 Å². The number of benzene rings is 9. The number of rotatable bonds is 4. The number of furan rings is 1. The van der Waals surface area contributed by atoms with Gasteiger partial charge in [-0.25, -0.2) is 0 Å². The van der Waals surface area contributed by atoms with Gasteiger partial charge in [0, 0.05) is 10.8 Å². The average molecular weight is 597 g/mol. The van der Waals surface area contributed by atoms with Crippen molar-refractivity contribution >= 4 is 54.3 Å². The van der Waals surface area contributed by atoms with Crippen LogP contribution in [-0.2, 0) is 0 Å². The Balaban J connectivity index is 1.40. The van der Waals surface area contributed by atoms with Gasteiger partial charge in [0.05, 0.1) is 0 Å². The Bertz CT molecular complexity index is 2710. The van der Waals surface area contributed by atoms with Crippen molar-refractivity contribution in [2.24, 2.45) is 0 Å². The van der Waals surface area contributed by atoms with Crippen LogP contribution >= 0.6 is 0 Å². The van der Waals surface area contributed by atoms with E-state index in [4.69, 9.17) is 4.42 Å². The van der Waals surface area contributed by atoms with E-state index in [1.807, 2.05) is 0 Å². The Morgan fingerprint density at radius 3 is 1.28 bits per heavy atom. The van der Waals surface area contributed by atoms with Gasteiger partial charge < -0.3 is 4.42 Å². The van der Waals surface area contributed by atoms with Crippen LogP contribution in [0.15, 0.2) is 174 Å². The molecule has 0 bridgehead atoms. The summed E-state index contributed by atoms with van der Waals surface area (Å²) in [5.41, 5.74) is 11.7. The first kappa shape index (κ1) is 26.1. The van der Waals surface area contributed by atoms with Crippen molar-refractivity contribution in [3.05, 3.63) is 170 Å². The molecule has 0 amide bonds. The van der Waals surface area contributed by atoms with Crippen molar-refractivity contribution in [1.82, 2.24) is 0 Å². The maximum Gasteiger partial charge on any atom is 0.136 e. The van der Waals surface area contributed by atoms with E-state index in [0.29, 0.717) is 0 Å². The molecule has 1 nitrogen and oxygen atoms in total. The SMILES string of the molecule is c1ccc(-c2cccc(-c3c4ccccc4c(-c4c(-c5ccccc5)c5cccc6oc7cccc4c7c65)c4ccccc34)c2)cc1. The fourth-order valence-electron chi connectivity index (χ4n) is 7.91. The minimum absolute atomic E-state index is 0.928. The Kier molecular flexibility index (Phi) is 5.64. The summed E-state index contributed by atoms with van der Waals surface area (Å²) in [4.78, 5) is 0. The summed E-state index contributed by atoms with van der Waals surface area (Å²) in [6.07, 6.45) is 0. The third-order valence-corrected chi connectivity index (χ3v) is 9.81. The summed E-state index contributed by atoms with van der Waals surface area (Å²) in [5, 5.41) is 9.80. The number of fused-ring (bicyclic) bond motifs is 2. The van der Waals surface area contributed by atoms with E-state index >= 15 is 0 Å². The van der Waals surface area contributed by atoms with Crippen molar-refractivity contribution in [2.45, 2.75) is 0 Å². The standard InChI is InChI=1S/C46H28O/c1-3-14-29(15-4-1)31-18-11-19-32(28-31)41-33-20-7-9-22-35(33)43(36-23-10-8-21-34(36)41)46-38-25-13-27-40-45(38)44-37(24-12-26-39(44)47-40)42(46)30-16-5-2-6-17-30/h1-28H. The van der Waals surface area contributed by atoms with Gasteiger partial charge >= 0.3 is 0 Å². The van der Waals surface area contributed by atoms with Gasteiger partial charge in [0.15, 0.2) is 0 Å². The van der Waals surface area contributed by atoms with Crippen molar-refractivity contribution in [3.8, 4) is 44.5 Å². The minimum atomic E-state index is 0.928. The first-order chi connectivity index (χ1) is 23.3. The molecule has 9 aromatic carbocycles. The second-order valence-corrected chi connectivity index (χ2v) is 12.4. The van der Waals surface area contributed by atoms with E-state index in [2.05, 4.69) is 170 Å². The quantitative estimate of drug-likeness (QED) is 0.145. The first-order valence-electron chi connectivity index (χ1n) is 16.2. The Hall–Kier alpha value is -6.18. The largest absolute Gasteiger partial charge is 0.456 e. The van der Waals surface area contributed by atoms with Gasteiger partial charge in [-0.1, -0.05) is 152 Å². The van der Waals surface area contributed by atoms with Gasteiger partial charge in [0.2, 0.25) is 0 Å². The lowest BCUT2D eigenvalue weighted by Gasteiger charge is -2.22. The Morgan fingerprint density at radius 1 is 0.255 bits per heavy atom. The molecule has 0 saturated carbocycles. The van der Waals surface area contributed by atoms with E-state index in [1.165, 1.54) is 87.6 Å². The summed E-state index contributed by atoms with van der Waals surface area (Å²) < 4.78 is 6.50. The molecule has 1 heteroatoms.